The molecule has 11 heteroatoms. The minimum atomic E-state index is -3.97. The molecule has 2 saturated carbocycles. The monoisotopic (exact) mass is 376 g/mol. The van der Waals surface area contributed by atoms with Crippen molar-refractivity contribution in [1.29, 1.82) is 0 Å². The Kier molecular flexibility index (Phi) is 10.4. The summed E-state index contributed by atoms with van der Waals surface area (Å²) in [7, 11) is -7.95. The lowest BCUT2D eigenvalue weighted by molar-refractivity contribution is 0.388. The molecule has 23 heavy (non-hydrogen) atoms. The predicted molar refractivity (Wildman–Crippen MR) is 86.7 cm³/mol. The van der Waals surface area contributed by atoms with Gasteiger partial charge in [-0.05, 0) is 25.7 Å². The SMILES string of the molecule is O.O=S(=O)(O)NC1CCCCC1.O=S(=O)(O)NC1CCCCC1. The summed E-state index contributed by atoms with van der Waals surface area (Å²) in [5, 5.41) is 0. The Morgan fingerprint density at radius 1 is 0.609 bits per heavy atom. The van der Waals surface area contributed by atoms with E-state index in [1.165, 1.54) is 12.8 Å². The van der Waals surface area contributed by atoms with E-state index in [1.807, 2.05) is 0 Å². The van der Waals surface area contributed by atoms with Crippen molar-refractivity contribution < 1.29 is 31.4 Å². The van der Waals surface area contributed by atoms with Crippen LogP contribution >= 0.6 is 0 Å². The largest absolute Gasteiger partial charge is 0.412 e. The van der Waals surface area contributed by atoms with Crippen LogP contribution in [0.1, 0.15) is 64.2 Å². The Morgan fingerprint density at radius 3 is 1.09 bits per heavy atom. The molecule has 0 aromatic rings. The number of hydrogen-bond acceptors (Lipinski definition) is 4. The second-order valence-electron chi connectivity index (χ2n) is 5.86. The zero-order chi connectivity index (χ0) is 16.6. The molecule has 0 aromatic carbocycles. The lowest BCUT2D eigenvalue weighted by Gasteiger charge is -2.20. The molecule has 0 amide bonds. The number of nitrogens with one attached hydrogen (secondary N) is 2. The van der Waals surface area contributed by atoms with Gasteiger partial charge in [0.1, 0.15) is 0 Å². The molecule has 2 aliphatic rings. The Morgan fingerprint density at radius 2 is 0.870 bits per heavy atom. The van der Waals surface area contributed by atoms with Gasteiger partial charge in [-0.3, -0.25) is 9.11 Å². The van der Waals surface area contributed by atoms with Crippen molar-refractivity contribution >= 4 is 20.6 Å². The first kappa shape index (κ1) is 22.7. The van der Waals surface area contributed by atoms with Crippen molar-refractivity contribution in [3.63, 3.8) is 0 Å². The van der Waals surface area contributed by atoms with Crippen LogP contribution in [0, 0.1) is 0 Å². The van der Waals surface area contributed by atoms with Gasteiger partial charge < -0.3 is 5.48 Å². The van der Waals surface area contributed by atoms with Crippen molar-refractivity contribution in [2.45, 2.75) is 76.3 Å². The van der Waals surface area contributed by atoms with E-state index in [1.54, 1.807) is 0 Å². The third-order valence-corrected chi connectivity index (χ3v) is 5.10. The molecule has 0 unspecified atom stereocenters. The summed E-state index contributed by atoms with van der Waals surface area (Å²) in [6.07, 6.45) is 9.92. The summed E-state index contributed by atoms with van der Waals surface area (Å²) in [5.41, 5.74) is 0. The van der Waals surface area contributed by atoms with Crippen LogP contribution in [0.3, 0.4) is 0 Å². The highest BCUT2D eigenvalue weighted by molar-refractivity contribution is 7.84. The van der Waals surface area contributed by atoms with Gasteiger partial charge in [-0.15, -0.1) is 0 Å². The summed E-state index contributed by atoms with van der Waals surface area (Å²) >= 11 is 0. The maximum atomic E-state index is 10.3. The van der Waals surface area contributed by atoms with Gasteiger partial charge >= 0.3 is 20.6 Å². The van der Waals surface area contributed by atoms with E-state index < -0.39 is 20.6 Å². The van der Waals surface area contributed by atoms with E-state index in [-0.39, 0.29) is 17.6 Å². The maximum Gasteiger partial charge on any atom is 0.333 e. The smallest absolute Gasteiger partial charge is 0.333 e. The van der Waals surface area contributed by atoms with Gasteiger partial charge in [0.2, 0.25) is 0 Å². The molecule has 0 radical (unpaired) electrons. The summed E-state index contributed by atoms with van der Waals surface area (Å²) in [4.78, 5) is 0. The topological polar surface area (TPSA) is 164 Å². The number of rotatable bonds is 4. The molecule has 0 heterocycles. The van der Waals surface area contributed by atoms with E-state index in [0.717, 1.165) is 51.4 Å². The average molecular weight is 376 g/mol. The molecule has 2 fully saturated rings. The fraction of sp³-hybridized carbons (Fsp3) is 1.00. The van der Waals surface area contributed by atoms with Crippen molar-refractivity contribution in [2.24, 2.45) is 0 Å². The fourth-order valence-electron chi connectivity index (χ4n) is 2.86. The molecule has 0 bridgehead atoms. The van der Waals surface area contributed by atoms with Crippen LogP contribution in [-0.2, 0) is 20.6 Å². The third kappa shape index (κ3) is 12.8. The number of hydrogen-bond donors (Lipinski definition) is 4. The average Bonchev–Trinajstić information content (AvgIpc) is 2.38. The fourth-order valence-corrected chi connectivity index (χ4v) is 4.18. The Balaban J connectivity index is 0.000000403. The van der Waals surface area contributed by atoms with Gasteiger partial charge in [0, 0.05) is 12.1 Å². The van der Waals surface area contributed by atoms with Crippen molar-refractivity contribution in [1.82, 2.24) is 9.44 Å². The molecule has 0 spiro atoms. The van der Waals surface area contributed by atoms with Gasteiger partial charge in [-0.1, -0.05) is 38.5 Å². The first-order valence-corrected chi connectivity index (χ1v) is 10.5. The first-order chi connectivity index (χ1) is 10.2. The summed E-state index contributed by atoms with van der Waals surface area (Å²) in [5.74, 6) is 0. The summed E-state index contributed by atoms with van der Waals surface area (Å²) in [6.45, 7) is 0. The van der Waals surface area contributed by atoms with Gasteiger partial charge in [0.15, 0.2) is 0 Å². The zero-order valence-corrected chi connectivity index (χ0v) is 14.7. The van der Waals surface area contributed by atoms with Crippen LogP contribution in [0.15, 0.2) is 0 Å². The summed E-state index contributed by atoms with van der Waals surface area (Å²) in [6, 6.07) is -0.0856. The first-order valence-electron chi connectivity index (χ1n) is 7.65. The highest BCUT2D eigenvalue weighted by Crippen LogP contribution is 2.18. The normalized spacial score (nSPS) is 21.0. The Bertz CT molecular complexity index is 462. The van der Waals surface area contributed by atoms with E-state index in [4.69, 9.17) is 9.11 Å². The van der Waals surface area contributed by atoms with Crippen molar-refractivity contribution in [2.75, 3.05) is 0 Å². The van der Waals surface area contributed by atoms with Gasteiger partial charge in [0.05, 0.1) is 0 Å². The van der Waals surface area contributed by atoms with Crippen LogP contribution in [0.2, 0.25) is 0 Å². The molecule has 6 N–H and O–H groups in total. The molecule has 9 nitrogen and oxygen atoms in total. The van der Waals surface area contributed by atoms with E-state index in [2.05, 4.69) is 9.44 Å². The Hall–Kier alpha value is -0.300. The molecule has 0 aromatic heterocycles. The van der Waals surface area contributed by atoms with Crippen LogP contribution in [0.4, 0.5) is 0 Å². The Labute approximate surface area is 138 Å². The second kappa shape index (κ2) is 10.5. The summed E-state index contributed by atoms with van der Waals surface area (Å²) < 4.78 is 62.6. The standard InChI is InChI=1S/2C6H13NO3S.H2O/c2*8-11(9,10)7-6-4-2-1-3-5-6;/h2*6-7H,1-5H2,(H,8,9,10);1H2. The van der Waals surface area contributed by atoms with Gasteiger partial charge in [-0.2, -0.15) is 26.3 Å². The van der Waals surface area contributed by atoms with Crippen molar-refractivity contribution in [3.8, 4) is 0 Å². The maximum absolute atomic E-state index is 10.3. The van der Waals surface area contributed by atoms with E-state index in [0.29, 0.717) is 0 Å². The molecule has 0 saturated heterocycles. The molecule has 2 rings (SSSR count). The van der Waals surface area contributed by atoms with Crippen LogP contribution in [-0.4, -0.2) is 43.5 Å². The van der Waals surface area contributed by atoms with Crippen molar-refractivity contribution in [3.05, 3.63) is 0 Å². The zero-order valence-electron chi connectivity index (χ0n) is 13.1. The van der Waals surface area contributed by atoms with E-state index >= 15 is 0 Å². The molecule has 0 atom stereocenters. The minimum absolute atomic E-state index is 0. The lowest BCUT2D eigenvalue weighted by Crippen LogP contribution is -2.35. The van der Waals surface area contributed by atoms with Crippen LogP contribution < -0.4 is 9.44 Å². The lowest BCUT2D eigenvalue weighted by atomic mass is 9.96. The molecule has 0 aliphatic heterocycles. The minimum Gasteiger partial charge on any atom is -0.412 e. The molecule has 140 valence electrons. The van der Waals surface area contributed by atoms with Crippen LogP contribution in [0.5, 0.6) is 0 Å². The third-order valence-electron chi connectivity index (χ3n) is 3.84. The highest BCUT2D eigenvalue weighted by Gasteiger charge is 2.18. The van der Waals surface area contributed by atoms with Gasteiger partial charge in [0.25, 0.3) is 0 Å². The second-order valence-corrected chi connectivity index (χ2v) is 8.23. The molecule has 2 aliphatic carbocycles. The quantitative estimate of drug-likeness (QED) is 0.524. The molecular weight excluding hydrogens is 348 g/mol. The van der Waals surface area contributed by atoms with Crippen LogP contribution in [0.25, 0.3) is 0 Å². The predicted octanol–water partition coefficient (Wildman–Crippen LogP) is 0.598. The molecular formula is C12H28N2O7S2. The highest BCUT2D eigenvalue weighted by atomic mass is 32.2. The van der Waals surface area contributed by atoms with Gasteiger partial charge in [-0.25, -0.2) is 0 Å². The van der Waals surface area contributed by atoms with E-state index in [9.17, 15) is 16.8 Å².